The molecule has 38 heavy (non-hydrogen) atoms. The largest absolute Gasteiger partial charge is 0.493 e. The first-order chi connectivity index (χ1) is 18.5. The Labute approximate surface area is 225 Å². The van der Waals surface area contributed by atoms with Crippen molar-refractivity contribution in [2.24, 2.45) is 0 Å². The molecule has 1 aromatic heterocycles. The molecule has 10 heteroatoms. The minimum Gasteiger partial charge on any atom is -0.493 e. The van der Waals surface area contributed by atoms with Crippen molar-refractivity contribution >= 4 is 40.2 Å². The molecule has 1 saturated heterocycles. The van der Waals surface area contributed by atoms with E-state index in [1.54, 1.807) is 49.5 Å². The number of nitrogen functional groups attached to an aromatic ring is 1. The molecule has 3 aromatic carbocycles. The van der Waals surface area contributed by atoms with Crippen LogP contribution in [0, 0.1) is 0 Å². The van der Waals surface area contributed by atoms with Gasteiger partial charge < -0.3 is 29.7 Å². The molecule has 2 heterocycles. The molecule has 1 aliphatic rings. The lowest BCUT2D eigenvalue weighted by Gasteiger charge is -2.35. The molecule has 0 aliphatic carbocycles. The average Bonchev–Trinajstić information content (AvgIpc) is 2.95. The summed E-state index contributed by atoms with van der Waals surface area (Å²) < 4.78 is 16.6. The maximum Gasteiger partial charge on any atom is 0.255 e. The summed E-state index contributed by atoms with van der Waals surface area (Å²) in [5.41, 5.74) is 8.40. The third-order valence-electron chi connectivity index (χ3n) is 6.49. The molecular weight excluding hydrogens is 506 g/mol. The van der Waals surface area contributed by atoms with Gasteiger partial charge in [-0.1, -0.05) is 41.9 Å². The molecular formula is C28H28ClN5O4. The van der Waals surface area contributed by atoms with Crippen LogP contribution in [0.4, 0.5) is 11.8 Å². The van der Waals surface area contributed by atoms with Crippen LogP contribution in [0.5, 0.6) is 17.2 Å². The normalized spacial score (nSPS) is 13.4. The Bertz CT molecular complexity index is 1460. The van der Waals surface area contributed by atoms with Crippen molar-refractivity contribution in [2.75, 3.05) is 51.0 Å². The number of hydrogen-bond acceptors (Lipinski definition) is 8. The smallest absolute Gasteiger partial charge is 0.255 e. The van der Waals surface area contributed by atoms with E-state index in [0.29, 0.717) is 83.3 Å². The van der Waals surface area contributed by atoms with E-state index >= 15 is 0 Å². The van der Waals surface area contributed by atoms with Crippen molar-refractivity contribution in [1.82, 2.24) is 14.9 Å². The summed E-state index contributed by atoms with van der Waals surface area (Å²) in [6.07, 6.45) is 0. The van der Waals surface area contributed by atoms with Gasteiger partial charge in [-0.25, -0.2) is 4.98 Å². The first-order valence-corrected chi connectivity index (χ1v) is 12.5. The van der Waals surface area contributed by atoms with Gasteiger partial charge in [-0.3, -0.25) is 4.79 Å². The van der Waals surface area contributed by atoms with Gasteiger partial charge in [0.15, 0.2) is 11.5 Å². The molecule has 9 nitrogen and oxygen atoms in total. The van der Waals surface area contributed by atoms with Crippen molar-refractivity contribution < 1.29 is 19.0 Å². The van der Waals surface area contributed by atoms with Crippen LogP contribution in [0.2, 0.25) is 5.02 Å². The fourth-order valence-electron chi connectivity index (χ4n) is 4.39. The number of hydrogen-bond donors (Lipinski definition) is 1. The van der Waals surface area contributed by atoms with Gasteiger partial charge in [-0.15, -0.1) is 0 Å². The Morgan fingerprint density at radius 2 is 1.66 bits per heavy atom. The molecule has 0 atom stereocenters. The number of benzene rings is 3. The van der Waals surface area contributed by atoms with Crippen molar-refractivity contribution in [3.63, 3.8) is 0 Å². The number of carbonyl (C=O) groups is 1. The summed E-state index contributed by atoms with van der Waals surface area (Å²) in [6, 6.07) is 18.6. The van der Waals surface area contributed by atoms with Crippen LogP contribution in [0.3, 0.4) is 0 Å². The van der Waals surface area contributed by atoms with Gasteiger partial charge in [0.25, 0.3) is 5.91 Å². The number of carbonyl (C=O) groups excluding carboxylic acids is 1. The van der Waals surface area contributed by atoms with Crippen molar-refractivity contribution in [1.29, 1.82) is 0 Å². The third-order valence-corrected chi connectivity index (χ3v) is 6.80. The first-order valence-electron chi connectivity index (χ1n) is 12.2. The predicted octanol–water partition coefficient (Wildman–Crippen LogP) is 4.42. The van der Waals surface area contributed by atoms with Crippen LogP contribution in [0.15, 0.2) is 60.7 Å². The monoisotopic (exact) mass is 533 g/mol. The topological polar surface area (TPSA) is 103 Å². The van der Waals surface area contributed by atoms with Crippen molar-refractivity contribution in [3.05, 3.63) is 76.8 Å². The van der Waals surface area contributed by atoms with E-state index in [0.717, 1.165) is 5.56 Å². The Kier molecular flexibility index (Phi) is 7.37. The first kappa shape index (κ1) is 25.4. The van der Waals surface area contributed by atoms with Gasteiger partial charge >= 0.3 is 0 Å². The zero-order valence-corrected chi connectivity index (χ0v) is 21.9. The summed E-state index contributed by atoms with van der Waals surface area (Å²) in [5.74, 6) is 2.47. The van der Waals surface area contributed by atoms with E-state index in [2.05, 4.69) is 4.98 Å². The summed E-state index contributed by atoms with van der Waals surface area (Å²) in [6.45, 7) is 2.52. The van der Waals surface area contributed by atoms with Gasteiger partial charge in [0, 0.05) is 37.6 Å². The molecule has 1 aliphatic heterocycles. The quantitative estimate of drug-likeness (QED) is 0.372. The highest BCUT2D eigenvalue weighted by atomic mass is 35.5. The van der Waals surface area contributed by atoms with Gasteiger partial charge in [0.05, 0.1) is 30.3 Å². The Morgan fingerprint density at radius 3 is 2.34 bits per heavy atom. The second-order valence-corrected chi connectivity index (χ2v) is 9.24. The van der Waals surface area contributed by atoms with Crippen LogP contribution in [-0.2, 0) is 6.61 Å². The van der Waals surface area contributed by atoms with E-state index in [1.165, 1.54) is 0 Å². The Balaban J connectivity index is 1.25. The Hall–Kier alpha value is -4.24. The number of rotatable bonds is 7. The second kappa shape index (κ2) is 11.0. The highest BCUT2D eigenvalue weighted by Gasteiger charge is 2.26. The maximum absolute atomic E-state index is 13.2. The van der Waals surface area contributed by atoms with Crippen LogP contribution >= 0.6 is 11.6 Å². The molecule has 0 saturated carbocycles. The van der Waals surface area contributed by atoms with E-state index < -0.39 is 0 Å². The molecule has 0 bridgehead atoms. The molecule has 1 fully saturated rings. The Morgan fingerprint density at radius 1 is 0.947 bits per heavy atom. The predicted molar refractivity (Wildman–Crippen MR) is 147 cm³/mol. The molecule has 0 spiro atoms. The molecule has 4 aromatic rings. The number of piperazine rings is 1. The fourth-order valence-corrected chi connectivity index (χ4v) is 4.64. The molecule has 196 valence electrons. The summed E-state index contributed by atoms with van der Waals surface area (Å²) in [5, 5.41) is 1.05. The second-order valence-electron chi connectivity index (χ2n) is 8.83. The van der Waals surface area contributed by atoms with Crippen molar-refractivity contribution in [2.45, 2.75) is 6.61 Å². The number of anilines is 2. The number of amides is 1. The van der Waals surface area contributed by atoms with Gasteiger partial charge in [0.2, 0.25) is 5.95 Å². The van der Waals surface area contributed by atoms with Gasteiger partial charge in [-0.2, -0.15) is 4.98 Å². The molecule has 0 radical (unpaired) electrons. The molecule has 1 amide bonds. The SMILES string of the molecule is COc1cc2nc(N3CCN(C(=O)c4ccc(OCc5ccccc5)cc4Cl)CC3)nc(N)c2cc1OC. The molecule has 5 rings (SSSR count). The third kappa shape index (κ3) is 5.24. The maximum atomic E-state index is 13.2. The zero-order chi connectivity index (χ0) is 26.6. The summed E-state index contributed by atoms with van der Waals surface area (Å²) in [4.78, 5) is 26.2. The number of fused-ring (bicyclic) bond motifs is 1. The number of aromatic nitrogens is 2. The summed E-state index contributed by atoms with van der Waals surface area (Å²) in [7, 11) is 3.14. The number of halogens is 1. The highest BCUT2D eigenvalue weighted by molar-refractivity contribution is 6.34. The van der Waals surface area contributed by atoms with E-state index in [4.69, 9.17) is 36.5 Å². The highest BCUT2D eigenvalue weighted by Crippen LogP contribution is 2.34. The number of nitrogens with two attached hydrogens (primary N) is 1. The molecule has 2 N–H and O–H groups in total. The van der Waals surface area contributed by atoms with Crippen LogP contribution in [0.1, 0.15) is 15.9 Å². The lowest BCUT2D eigenvalue weighted by Crippen LogP contribution is -2.49. The lowest BCUT2D eigenvalue weighted by atomic mass is 10.1. The van der Waals surface area contributed by atoms with Crippen LogP contribution < -0.4 is 24.8 Å². The van der Waals surface area contributed by atoms with Gasteiger partial charge in [-0.05, 0) is 29.8 Å². The minimum atomic E-state index is -0.125. The fraction of sp³-hybridized carbons (Fsp3) is 0.250. The summed E-state index contributed by atoms with van der Waals surface area (Å²) >= 11 is 6.48. The minimum absolute atomic E-state index is 0.125. The number of nitrogens with zero attached hydrogens (tertiary/aromatic N) is 4. The number of ether oxygens (including phenoxy) is 3. The average molecular weight is 534 g/mol. The van der Waals surface area contributed by atoms with Gasteiger partial charge in [0.1, 0.15) is 18.2 Å². The van der Waals surface area contributed by atoms with E-state index in [9.17, 15) is 4.79 Å². The zero-order valence-electron chi connectivity index (χ0n) is 21.2. The van der Waals surface area contributed by atoms with Crippen LogP contribution in [0.25, 0.3) is 10.9 Å². The van der Waals surface area contributed by atoms with E-state index in [-0.39, 0.29) is 5.91 Å². The van der Waals surface area contributed by atoms with Crippen molar-refractivity contribution in [3.8, 4) is 17.2 Å². The standard InChI is InChI=1S/C28H28ClN5O4/c1-36-24-15-21-23(16-25(24)37-2)31-28(32-26(21)30)34-12-10-33(11-13-34)27(35)20-9-8-19(14-22(20)29)38-17-18-6-4-3-5-7-18/h3-9,14-16H,10-13,17H2,1-2H3,(H2,30,31,32). The number of methoxy groups -OCH3 is 2. The van der Waals surface area contributed by atoms with Crippen LogP contribution in [-0.4, -0.2) is 61.2 Å². The van der Waals surface area contributed by atoms with E-state index in [1.807, 2.05) is 35.2 Å². The lowest BCUT2D eigenvalue weighted by molar-refractivity contribution is 0.0746. The molecule has 0 unspecified atom stereocenters.